The summed E-state index contributed by atoms with van der Waals surface area (Å²) in [4.78, 5) is 7.20. The lowest BCUT2D eigenvalue weighted by atomic mass is 10.0. The molecule has 0 radical (unpaired) electrons. The number of ether oxygens (including phenoxy) is 1. The summed E-state index contributed by atoms with van der Waals surface area (Å²) in [6, 6.07) is 16.6. The molecule has 1 aliphatic heterocycles. The predicted octanol–water partition coefficient (Wildman–Crippen LogP) is 3.44. The molecule has 0 spiro atoms. The Balaban J connectivity index is 1.75. The Labute approximate surface area is 153 Å². The molecule has 0 unspecified atom stereocenters. The summed E-state index contributed by atoms with van der Waals surface area (Å²) in [5, 5.41) is 9.84. The Bertz CT molecular complexity index is 873. The summed E-state index contributed by atoms with van der Waals surface area (Å²) in [5.41, 5.74) is 3.33. The van der Waals surface area contributed by atoms with Gasteiger partial charge in [-0.25, -0.2) is 4.98 Å². The van der Waals surface area contributed by atoms with Gasteiger partial charge in [0, 0.05) is 6.54 Å². The van der Waals surface area contributed by atoms with Crippen molar-refractivity contribution in [1.82, 2.24) is 9.55 Å². The van der Waals surface area contributed by atoms with Crippen LogP contribution in [0.3, 0.4) is 0 Å². The third kappa shape index (κ3) is 3.15. The number of anilines is 1. The molecule has 26 heavy (non-hydrogen) atoms. The van der Waals surface area contributed by atoms with E-state index in [1.165, 1.54) is 12.0 Å². The van der Waals surface area contributed by atoms with Gasteiger partial charge in [-0.05, 0) is 49.1 Å². The number of rotatable bonds is 5. The first-order valence-electron chi connectivity index (χ1n) is 9.26. The van der Waals surface area contributed by atoms with E-state index in [9.17, 15) is 5.11 Å². The number of aliphatic hydroxyl groups is 1. The van der Waals surface area contributed by atoms with Crippen molar-refractivity contribution in [2.45, 2.75) is 31.8 Å². The van der Waals surface area contributed by atoms with E-state index < -0.39 is 0 Å². The molecule has 2 aromatic carbocycles. The molecule has 0 bridgehead atoms. The molecule has 0 amide bonds. The van der Waals surface area contributed by atoms with Gasteiger partial charge in [-0.3, -0.25) is 0 Å². The fourth-order valence-electron chi connectivity index (χ4n) is 3.81. The molecule has 1 N–H and O–H groups in total. The lowest BCUT2D eigenvalue weighted by molar-refractivity contribution is 0.238. The predicted molar refractivity (Wildman–Crippen MR) is 104 cm³/mol. The van der Waals surface area contributed by atoms with Gasteiger partial charge in [0.1, 0.15) is 5.75 Å². The quantitative estimate of drug-likeness (QED) is 0.765. The average Bonchev–Trinajstić information content (AvgIpc) is 3.07. The van der Waals surface area contributed by atoms with Crippen molar-refractivity contribution < 1.29 is 9.84 Å². The molecule has 2 heterocycles. The van der Waals surface area contributed by atoms with Crippen LogP contribution < -0.4 is 9.64 Å². The molecular weight excluding hydrogens is 326 g/mol. The number of hydrogen-bond donors (Lipinski definition) is 1. The highest BCUT2D eigenvalue weighted by molar-refractivity contribution is 5.79. The SMILES string of the molecule is COc1ccc(Cn2c(N3CCCC[C@H]3CO)nc3ccccc32)cc1. The summed E-state index contributed by atoms with van der Waals surface area (Å²) >= 11 is 0. The number of nitrogens with zero attached hydrogens (tertiary/aromatic N) is 3. The topological polar surface area (TPSA) is 50.5 Å². The fourth-order valence-corrected chi connectivity index (χ4v) is 3.81. The molecule has 1 fully saturated rings. The van der Waals surface area contributed by atoms with E-state index in [1.54, 1.807) is 7.11 Å². The Morgan fingerprint density at radius 2 is 1.92 bits per heavy atom. The van der Waals surface area contributed by atoms with Crippen LogP contribution in [-0.4, -0.2) is 41.0 Å². The van der Waals surface area contributed by atoms with Crippen LogP contribution in [0.25, 0.3) is 11.0 Å². The molecule has 1 aromatic heterocycles. The molecule has 0 saturated carbocycles. The van der Waals surface area contributed by atoms with Gasteiger partial charge in [0.2, 0.25) is 5.95 Å². The van der Waals surface area contributed by atoms with Crippen molar-refractivity contribution in [3.8, 4) is 5.75 Å². The summed E-state index contributed by atoms with van der Waals surface area (Å²) in [6.45, 7) is 1.86. The van der Waals surface area contributed by atoms with E-state index in [0.29, 0.717) is 0 Å². The number of methoxy groups -OCH3 is 1. The lowest BCUT2D eigenvalue weighted by Gasteiger charge is -2.35. The molecule has 1 saturated heterocycles. The minimum atomic E-state index is 0.148. The molecule has 3 aromatic rings. The highest BCUT2D eigenvalue weighted by Crippen LogP contribution is 2.29. The second-order valence-corrected chi connectivity index (χ2v) is 6.86. The smallest absolute Gasteiger partial charge is 0.207 e. The number of imidazole rings is 1. The van der Waals surface area contributed by atoms with E-state index in [-0.39, 0.29) is 12.6 Å². The maximum absolute atomic E-state index is 9.84. The molecule has 5 heteroatoms. The van der Waals surface area contributed by atoms with Crippen LogP contribution in [0, 0.1) is 0 Å². The monoisotopic (exact) mass is 351 g/mol. The minimum Gasteiger partial charge on any atom is -0.497 e. The molecule has 4 rings (SSSR count). The first kappa shape index (κ1) is 16.9. The molecular formula is C21H25N3O2. The fraction of sp³-hybridized carbons (Fsp3) is 0.381. The van der Waals surface area contributed by atoms with Gasteiger partial charge in [0.15, 0.2) is 0 Å². The highest BCUT2D eigenvalue weighted by Gasteiger charge is 2.26. The van der Waals surface area contributed by atoms with E-state index in [0.717, 1.165) is 48.7 Å². The van der Waals surface area contributed by atoms with Gasteiger partial charge >= 0.3 is 0 Å². The second-order valence-electron chi connectivity index (χ2n) is 6.86. The molecule has 1 atom stereocenters. The normalized spacial score (nSPS) is 17.6. The van der Waals surface area contributed by atoms with Crippen molar-refractivity contribution in [2.24, 2.45) is 0 Å². The maximum atomic E-state index is 9.84. The molecule has 136 valence electrons. The molecule has 1 aliphatic rings. The highest BCUT2D eigenvalue weighted by atomic mass is 16.5. The van der Waals surface area contributed by atoms with E-state index in [1.807, 2.05) is 18.2 Å². The zero-order valence-electron chi connectivity index (χ0n) is 15.1. The van der Waals surface area contributed by atoms with Crippen LogP contribution in [0.1, 0.15) is 24.8 Å². The average molecular weight is 351 g/mol. The summed E-state index contributed by atoms with van der Waals surface area (Å²) < 4.78 is 7.54. The summed E-state index contributed by atoms with van der Waals surface area (Å²) in [5.74, 6) is 1.82. The first-order chi connectivity index (χ1) is 12.8. The maximum Gasteiger partial charge on any atom is 0.207 e. The zero-order valence-corrected chi connectivity index (χ0v) is 15.1. The van der Waals surface area contributed by atoms with Gasteiger partial charge in [0.25, 0.3) is 0 Å². The van der Waals surface area contributed by atoms with Gasteiger partial charge in [0.05, 0.1) is 37.3 Å². The van der Waals surface area contributed by atoms with Gasteiger partial charge < -0.3 is 19.3 Å². The Kier molecular flexibility index (Phi) is 4.80. The van der Waals surface area contributed by atoms with E-state index in [2.05, 4.69) is 39.8 Å². The number of hydrogen-bond acceptors (Lipinski definition) is 4. The van der Waals surface area contributed by atoms with Crippen molar-refractivity contribution in [3.05, 3.63) is 54.1 Å². The zero-order chi connectivity index (χ0) is 17.9. The summed E-state index contributed by atoms with van der Waals surface area (Å²) in [6.07, 6.45) is 3.32. The van der Waals surface area contributed by atoms with Crippen LogP contribution in [0.2, 0.25) is 0 Å². The van der Waals surface area contributed by atoms with Crippen LogP contribution in [0.5, 0.6) is 5.75 Å². The van der Waals surface area contributed by atoms with Gasteiger partial charge in [-0.2, -0.15) is 0 Å². The van der Waals surface area contributed by atoms with E-state index in [4.69, 9.17) is 9.72 Å². The molecule has 0 aliphatic carbocycles. The number of para-hydroxylation sites is 2. The minimum absolute atomic E-state index is 0.148. The number of benzene rings is 2. The van der Waals surface area contributed by atoms with Crippen LogP contribution >= 0.6 is 0 Å². The number of aliphatic hydroxyl groups excluding tert-OH is 1. The van der Waals surface area contributed by atoms with Gasteiger partial charge in [-0.1, -0.05) is 24.3 Å². The van der Waals surface area contributed by atoms with Crippen molar-refractivity contribution >= 4 is 17.0 Å². The third-order valence-corrected chi connectivity index (χ3v) is 5.23. The third-order valence-electron chi connectivity index (χ3n) is 5.23. The van der Waals surface area contributed by atoms with E-state index >= 15 is 0 Å². The van der Waals surface area contributed by atoms with Crippen molar-refractivity contribution in [2.75, 3.05) is 25.2 Å². The van der Waals surface area contributed by atoms with Crippen LogP contribution in [-0.2, 0) is 6.54 Å². The molecule has 5 nitrogen and oxygen atoms in total. The Morgan fingerprint density at radius 3 is 2.69 bits per heavy atom. The lowest BCUT2D eigenvalue weighted by Crippen LogP contribution is -2.43. The van der Waals surface area contributed by atoms with Crippen LogP contribution in [0.4, 0.5) is 5.95 Å². The summed E-state index contributed by atoms with van der Waals surface area (Å²) in [7, 11) is 1.68. The Hall–Kier alpha value is -2.53. The van der Waals surface area contributed by atoms with Crippen molar-refractivity contribution in [1.29, 1.82) is 0 Å². The van der Waals surface area contributed by atoms with Gasteiger partial charge in [-0.15, -0.1) is 0 Å². The first-order valence-corrected chi connectivity index (χ1v) is 9.26. The Morgan fingerprint density at radius 1 is 1.12 bits per heavy atom. The van der Waals surface area contributed by atoms with Crippen molar-refractivity contribution in [3.63, 3.8) is 0 Å². The number of aromatic nitrogens is 2. The second kappa shape index (κ2) is 7.38. The largest absolute Gasteiger partial charge is 0.497 e. The number of piperidine rings is 1. The van der Waals surface area contributed by atoms with Crippen LogP contribution in [0.15, 0.2) is 48.5 Å². The number of fused-ring (bicyclic) bond motifs is 1. The standard InChI is InChI=1S/C21H25N3O2/c1-26-18-11-9-16(10-12-18)14-24-20-8-3-2-7-19(20)22-21(24)23-13-5-4-6-17(23)15-25/h2-3,7-12,17,25H,4-6,13-15H2,1H3/t17-/m0/s1.